The number of alkyl halides is 3. The van der Waals surface area contributed by atoms with Crippen molar-refractivity contribution < 1.29 is 22.3 Å². The standard InChI is InChI=1S/C13H11F4NO/c1-2-7-5-9(18)6-8-3-4-10(14)12(11(7)8)19-13(15,16)17/h3-6H,2,18H2,1H3. The summed E-state index contributed by atoms with van der Waals surface area (Å²) < 4.78 is 54.5. The minimum absolute atomic E-state index is 0.106. The highest BCUT2D eigenvalue weighted by Gasteiger charge is 2.33. The molecule has 0 bridgehead atoms. The van der Waals surface area contributed by atoms with Crippen LogP contribution in [0.1, 0.15) is 12.5 Å². The van der Waals surface area contributed by atoms with Crippen LogP contribution in [-0.4, -0.2) is 6.36 Å². The molecule has 0 saturated carbocycles. The summed E-state index contributed by atoms with van der Waals surface area (Å²) in [5.74, 6) is -1.86. The van der Waals surface area contributed by atoms with Gasteiger partial charge in [0.15, 0.2) is 11.6 Å². The van der Waals surface area contributed by atoms with Crippen LogP contribution in [0.15, 0.2) is 24.3 Å². The lowest BCUT2D eigenvalue weighted by atomic mass is 10.0. The minimum atomic E-state index is -4.94. The fourth-order valence-corrected chi connectivity index (χ4v) is 2.01. The number of rotatable bonds is 2. The molecule has 0 radical (unpaired) electrons. The third kappa shape index (κ3) is 2.72. The van der Waals surface area contributed by atoms with Crippen molar-refractivity contribution in [1.82, 2.24) is 0 Å². The summed E-state index contributed by atoms with van der Waals surface area (Å²) in [7, 11) is 0. The van der Waals surface area contributed by atoms with Crippen LogP contribution in [0.3, 0.4) is 0 Å². The van der Waals surface area contributed by atoms with Gasteiger partial charge < -0.3 is 10.5 Å². The van der Waals surface area contributed by atoms with Gasteiger partial charge in [0.2, 0.25) is 0 Å². The zero-order chi connectivity index (χ0) is 14.2. The molecule has 0 fully saturated rings. The monoisotopic (exact) mass is 273 g/mol. The molecule has 2 aromatic rings. The molecule has 0 amide bonds. The van der Waals surface area contributed by atoms with Gasteiger partial charge in [-0.3, -0.25) is 0 Å². The number of benzene rings is 2. The molecule has 0 aliphatic rings. The molecule has 6 heteroatoms. The van der Waals surface area contributed by atoms with E-state index >= 15 is 0 Å². The van der Waals surface area contributed by atoms with Crippen LogP contribution in [0.2, 0.25) is 0 Å². The molecule has 2 aromatic carbocycles. The highest BCUT2D eigenvalue weighted by atomic mass is 19.4. The quantitative estimate of drug-likeness (QED) is 0.662. The normalized spacial score (nSPS) is 11.8. The smallest absolute Gasteiger partial charge is 0.402 e. The topological polar surface area (TPSA) is 35.2 Å². The van der Waals surface area contributed by atoms with Gasteiger partial charge in [0.25, 0.3) is 0 Å². The van der Waals surface area contributed by atoms with Crippen molar-refractivity contribution in [2.24, 2.45) is 0 Å². The van der Waals surface area contributed by atoms with Gasteiger partial charge in [-0.05, 0) is 35.6 Å². The number of aryl methyl sites for hydroxylation is 1. The molecule has 0 aliphatic heterocycles. The van der Waals surface area contributed by atoms with Gasteiger partial charge in [-0.25, -0.2) is 4.39 Å². The molecule has 102 valence electrons. The first-order valence-corrected chi connectivity index (χ1v) is 5.58. The van der Waals surface area contributed by atoms with E-state index in [4.69, 9.17) is 5.73 Å². The van der Waals surface area contributed by atoms with E-state index in [0.29, 0.717) is 23.1 Å². The molecular weight excluding hydrogens is 262 g/mol. The summed E-state index contributed by atoms with van der Waals surface area (Å²) in [4.78, 5) is 0. The Hall–Kier alpha value is -1.98. The average Bonchev–Trinajstić information content (AvgIpc) is 2.30. The maximum atomic E-state index is 13.6. The second kappa shape index (κ2) is 4.60. The lowest BCUT2D eigenvalue weighted by Gasteiger charge is -2.15. The summed E-state index contributed by atoms with van der Waals surface area (Å²) >= 11 is 0. The van der Waals surface area contributed by atoms with E-state index in [-0.39, 0.29) is 5.39 Å². The average molecular weight is 273 g/mol. The number of fused-ring (bicyclic) bond motifs is 1. The Bertz CT molecular complexity index is 622. The Kier molecular flexibility index (Phi) is 3.26. The number of hydrogen-bond acceptors (Lipinski definition) is 2. The Morgan fingerprint density at radius 2 is 1.89 bits per heavy atom. The fraction of sp³-hybridized carbons (Fsp3) is 0.231. The van der Waals surface area contributed by atoms with Crippen LogP contribution in [0.4, 0.5) is 23.2 Å². The van der Waals surface area contributed by atoms with Crippen LogP contribution in [0, 0.1) is 5.82 Å². The van der Waals surface area contributed by atoms with Crippen molar-refractivity contribution in [2.75, 3.05) is 5.73 Å². The molecule has 0 spiro atoms. The van der Waals surface area contributed by atoms with Crippen LogP contribution >= 0.6 is 0 Å². The molecule has 0 unspecified atom stereocenters. The van der Waals surface area contributed by atoms with Crippen molar-refractivity contribution in [3.63, 3.8) is 0 Å². The van der Waals surface area contributed by atoms with Crippen LogP contribution < -0.4 is 10.5 Å². The molecule has 0 atom stereocenters. The van der Waals surface area contributed by atoms with Gasteiger partial charge in [-0.15, -0.1) is 13.2 Å². The van der Waals surface area contributed by atoms with E-state index in [2.05, 4.69) is 4.74 Å². The van der Waals surface area contributed by atoms with Crippen LogP contribution in [0.25, 0.3) is 10.8 Å². The molecule has 2 rings (SSSR count). The SMILES string of the molecule is CCc1cc(N)cc2ccc(F)c(OC(F)(F)F)c12. The molecular formula is C13H11F4NO. The van der Waals surface area contributed by atoms with Crippen molar-refractivity contribution >= 4 is 16.5 Å². The highest BCUT2D eigenvalue weighted by molar-refractivity contribution is 5.93. The Labute approximate surface area is 106 Å². The zero-order valence-corrected chi connectivity index (χ0v) is 10.0. The van der Waals surface area contributed by atoms with Crippen LogP contribution in [0.5, 0.6) is 5.75 Å². The van der Waals surface area contributed by atoms with Crippen molar-refractivity contribution in [2.45, 2.75) is 19.7 Å². The zero-order valence-electron chi connectivity index (χ0n) is 10.0. The number of halogens is 4. The predicted octanol–water partition coefficient (Wildman–Crippen LogP) is 4.02. The third-order valence-electron chi connectivity index (χ3n) is 2.72. The second-order valence-electron chi connectivity index (χ2n) is 4.06. The van der Waals surface area contributed by atoms with Gasteiger partial charge in [-0.2, -0.15) is 0 Å². The van der Waals surface area contributed by atoms with Gasteiger partial charge in [-0.1, -0.05) is 13.0 Å². The second-order valence-corrected chi connectivity index (χ2v) is 4.06. The van der Waals surface area contributed by atoms with E-state index in [1.807, 2.05) is 0 Å². The minimum Gasteiger partial charge on any atom is -0.402 e. The maximum Gasteiger partial charge on any atom is 0.573 e. The van der Waals surface area contributed by atoms with Gasteiger partial charge >= 0.3 is 6.36 Å². The van der Waals surface area contributed by atoms with Gasteiger partial charge in [0.05, 0.1) is 0 Å². The summed E-state index contributed by atoms with van der Waals surface area (Å²) in [6.07, 6.45) is -4.53. The Morgan fingerprint density at radius 3 is 2.47 bits per heavy atom. The lowest BCUT2D eigenvalue weighted by molar-refractivity contribution is -0.275. The van der Waals surface area contributed by atoms with E-state index in [9.17, 15) is 17.6 Å². The summed E-state index contributed by atoms with van der Waals surface area (Å²) in [5.41, 5.74) is 6.58. The van der Waals surface area contributed by atoms with Gasteiger partial charge in [0, 0.05) is 11.1 Å². The summed E-state index contributed by atoms with van der Waals surface area (Å²) in [5, 5.41) is 0.520. The molecule has 2 N–H and O–H groups in total. The lowest BCUT2D eigenvalue weighted by Crippen LogP contribution is -2.18. The number of hydrogen-bond donors (Lipinski definition) is 1. The van der Waals surface area contributed by atoms with E-state index in [1.54, 1.807) is 6.92 Å². The highest BCUT2D eigenvalue weighted by Crippen LogP contribution is 2.36. The van der Waals surface area contributed by atoms with E-state index in [1.165, 1.54) is 18.2 Å². The summed E-state index contributed by atoms with van der Waals surface area (Å²) in [6.45, 7) is 1.75. The van der Waals surface area contributed by atoms with Gasteiger partial charge in [0.1, 0.15) is 0 Å². The molecule has 2 nitrogen and oxygen atoms in total. The summed E-state index contributed by atoms with van der Waals surface area (Å²) in [6, 6.07) is 5.31. The van der Waals surface area contributed by atoms with E-state index < -0.39 is 17.9 Å². The third-order valence-corrected chi connectivity index (χ3v) is 2.72. The largest absolute Gasteiger partial charge is 0.573 e. The Morgan fingerprint density at radius 1 is 1.21 bits per heavy atom. The van der Waals surface area contributed by atoms with Crippen LogP contribution in [-0.2, 0) is 6.42 Å². The van der Waals surface area contributed by atoms with Crippen molar-refractivity contribution in [1.29, 1.82) is 0 Å². The predicted molar refractivity (Wildman–Crippen MR) is 64.4 cm³/mol. The number of anilines is 1. The van der Waals surface area contributed by atoms with Crippen molar-refractivity contribution in [3.05, 3.63) is 35.6 Å². The maximum absolute atomic E-state index is 13.6. The molecule has 0 aromatic heterocycles. The Balaban J connectivity index is 2.77. The van der Waals surface area contributed by atoms with E-state index in [0.717, 1.165) is 6.07 Å². The molecule has 0 saturated heterocycles. The molecule has 0 aliphatic carbocycles. The molecule has 19 heavy (non-hydrogen) atoms. The van der Waals surface area contributed by atoms with Crippen molar-refractivity contribution in [3.8, 4) is 5.75 Å². The first-order valence-electron chi connectivity index (χ1n) is 5.58. The first kappa shape index (κ1) is 13.5. The first-order chi connectivity index (χ1) is 8.81. The fourth-order valence-electron chi connectivity index (χ4n) is 2.01. The molecule has 0 heterocycles. The number of nitrogens with two attached hydrogens (primary N) is 1. The number of ether oxygens (including phenoxy) is 1. The number of nitrogen functional groups attached to an aromatic ring is 1.